The molecule has 1 heterocycles. The summed E-state index contributed by atoms with van der Waals surface area (Å²) in [4.78, 5) is 27.6. The minimum absolute atomic E-state index is 0.0271. The Labute approximate surface area is 183 Å². The molecule has 0 radical (unpaired) electrons. The Kier molecular flexibility index (Phi) is 6.68. The summed E-state index contributed by atoms with van der Waals surface area (Å²) in [6.45, 7) is 7.74. The van der Waals surface area contributed by atoms with Crippen LogP contribution in [-0.4, -0.2) is 30.0 Å². The van der Waals surface area contributed by atoms with Crippen LogP contribution < -0.4 is 14.4 Å². The van der Waals surface area contributed by atoms with Gasteiger partial charge in [0, 0.05) is 18.2 Å². The van der Waals surface area contributed by atoms with Crippen molar-refractivity contribution in [3.05, 3.63) is 65.4 Å². The molecule has 164 valence electrons. The summed E-state index contributed by atoms with van der Waals surface area (Å²) in [5, 5.41) is 10.7. The van der Waals surface area contributed by atoms with Crippen LogP contribution in [0.1, 0.15) is 45.7 Å². The first-order chi connectivity index (χ1) is 14.7. The van der Waals surface area contributed by atoms with Crippen molar-refractivity contribution in [3.8, 4) is 11.5 Å². The van der Waals surface area contributed by atoms with E-state index >= 15 is 0 Å². The molecule has 31 heavy (non-hydrogen) atoms. The van der Waals surface area contributed by atoms with E-state index in [0.29, 0.717) is 22.7 Å². The molecule has 6 nitrogen and oxygen atoms in total. The number of benzene rings is 2. The van der Waals surface area contributed by atoms with Crippen LogP contribution in [0.4, 0.5) is 5.69 Å². The van der Waals surface area contributed by atoms with Crippen molar-refractivity contribution in [2.75, 3.05) is 12.0 Å². The maximum atomic E-state index is 13.1. The van der Waals surface area contributed by atoms with Gasteiger partial charge in [-0.3, -0.25) is 14.5 Å². The average Bonchev–Trinajstić information content (AvgIpc) is 2.98. The van der Waals surface area contributed by atoms with Crippen LogP contribution in [0.3, 0.4) is 0 Å². The molecular weight excluding hydrogens is 394 g/mol. The van der Waals surface area contributed by atoms with E-state index in [1.807, 2.05) is 52.0 Å². The van der Waals surface area contributed by atoms with E-state index in [2.05, 4.69) is 0 Å². The molecule has 3 rings (SSSR count). The highest BCUT2D eigenvalue weighted by Crippen LogP contribution is 2.42. The second kappa shape index (κ2) is 9.25. The van der Waals surface area contributed by atoms with E-state index in [1.54, 1.807) is 31.4 Å². The summed E-state index contributed by atoms with van der Waals surface area (Å²) < 4.78 is 11.0. The number of anilines is 1. The van der Waals surface area contributed by atoms with Gasteiger partial charge >= 0.3 is 0 Å². The lowest BCUT2D eigenvalue weighted by Crippen LogP contribution is -2.31. The van der Waals surface area contributed by atoms with E-state index in [1.165, 1.54) is 4.90 Å². The maximum absolute atomic E-state index is 13.1. The zero-order valence-electron chi connectivity index (χ0n) is 18.6. The smallest absolute Gasteiger partial charge is 0.294 e. The molecule has 1 amide bonds. The molecule has 2 aromatic rings. The van der Waals surface area contributed by atoms with Gasteiger partial charge in [0.15, 0.2) is 11.5 Å². The zero-order chi connectivity index (χ0) is 22.7. The van der Waals surface area contributed by atoms with Crippen LogP contribution in [0.25, 0.3) is 0 Å². The summed E-state index contributed by atoms with van der Waals surface area (Å²) in [5.74, 6) is 0.0225. The number of hydrogen-bond acceptors (Lipinski definition) is 5. The SMILES string of the molecule is COc1cccc(N2C(=O)C(O)=C(C(=O)CC(C)C)C2c2ccc(OC(C)C)cc2)c1. The fourth-order valence-corrected chi connectivity index (χ4v) is 3.71. The Morgan fingerprint density at radius 3 is 2.32 bits per heavy atom. The number of carbonyl (C=O) groups excluding carboxylic acids is 2. The van der Waals surface area contributed by atoms with Crippen molar-refractivity contribution < 1.29 is 24.2 Å². The van der Waals surface area contributed by atoms with Crippen LogP contribution in [-0.2, 0) is 9.59 Å². The molecule has 0 aromatic heterocycles. The van der Waals surface area contributed by atoms with Gasteiger partial charge in [0.2, 0.25) is 0 Å². The first-order valence-corrected chi connectivity index (χ1v) is 10.4. The molecule has 0 fully saturated rings. The Bertz CT molecular complexity index is 991. The Morgan fingerprint density at radius 1 is 1.06 bits per heavy atom. The largest absolute Gasteiger partial charge is 0.503 e. The number of nitrogens with zero attached hydrogens (tertiary/aromatic N) is 1. The third-order valence-electron chi connectivity index (χ3n) is 5.00. The Balaban J connectivity index is 2.10. The second-order valence-electron chi connectivity index (χ2n) is 8.30. The third kappa shape index (κ3) is 4.74. The summed E-state index contributed by atoms with van der Waals surface area (Å²) in [7, 11) is 1.54. The molecule has 0 saturated carbocycles. The summed E-state index contributed by atoms with van der Waals surface area (Å²) >= 11 is 0. The highest BCUT2D eigenvalue weighted by atomic mass is 16.5. The lowest BCUT2D eigenvalue weighted by molar-refractivity contribution is -0.118. The fraction of sp³-hybridized carbons (Fsp3) is 0.360. The first-order valence-electron chi connectivity index (χ1n) is 10.4. The monoisotopic (exact) mass is 423 g/mol. The van der Waals surface area contributed by atoms with E-state index < -0.39 is 17.7 Å². The summed E-state index contributed by atoms with van der Waals surface area (Å²) in [6.07, 6.45) is 0.267. The number of ketones is 1. The van der Waals surface area contributed by atoms with E-state index in [4.69, 9.17) is 9.47 Å². The number of amides is 1. The quantitative estimate of drug-likeness (QED) is 0.647. The van der Waals surface area contributed by atoms with Crippen molar-refractivity contribution in [2.24, 2.45) is 5.92 Å². The number of aliphatic hydroxyl groups excluding tert-OH is 1. The molecule has 0 spiro atoms. The third-order valence-corrected chi connectivity index (χ3v) is 5.00. The fourth-order valence-electron chi connectivity index (χ4n) is 3.71. The molecule has 1 atom stereocenters. The molecule has 0 saturated heterocycles. The topological polar surface area (TPSA) is 76.1 Å². The number of rotatable bonds is 8. The second-order valence-corrected chi connectivity index (χ2v) is 8.30. The van der Waals surface area contributed by atoms with Gasteiger partial charge in [-0.25, -0.2) is 0 Å². The molecule has 1 aliphatic heterocycles. The van der Waals surface area contributed by atoms with Gasteiger partial charge in [0.05, 0.1) is 24.8 Å². The van der Waals surface area contributed by atoms with Crippen LogP contribution in [0.2, 0.25) is 0 Å². The number of ether oxygens (including phenoxy) is 2. The van der Waals surface area contributed by atoms with Crippen molar-refractivity contribution >= 4 is 17.4 Å². The van der Waals surface area contributed by atoms with Gasteiger partial charge in [0.25, 0.3) is 5.91 Å². The molecule has 0 aliphatic carbocycles. The van der Waals surface area contributed by atoms with Crippen molar-refractivity contribution in [3.63, 3.8) is 0 Å². The number of hydrogen-bond donors (Lipinski definition) is 1. The van der Waals surface area contributed by atoms with Gasteiger partial charge in [-0.05, 0) is 49.6 Å². The standard InChI is InChI=1S/C25H29NO5/c1-15(2)13-21(27)22-23(17-9-11-19(12-10-17)31-16(3)4)26(25(29)24(22)28)18-7-6-8-20(14-18)30-5/h6-12,14-16,23,28H,13H2,1-5H3. The number of methoxy groups -OCH3 is 1. The lowest BCUT2D eigenvalue weighted by Gasteiger charge is -2.27. The van der Waals surface area contributed by atoms with Gasteiger partial charge in [-0.1, -0.05) is 32.0 Å². The van der Waals surface area contributed by atoms with Crippen LogP contribution >= 0.6 is 0 Å². The van der Waals surface area contributed by atoms with Crippen LogP contribution in [0.15, 0.2) is 59.9 Å². The minimum atomic E-state index is -0.737. The highest BCUT2D eigenvalue weighted by Gasteiger charge is 2.44. The van der Waals surface area contributed by atoms with E-state index in [-0.39, 0.29) is 29.8 Å². The van der Waals surface area contributed by atoms with Gasteiger partial charge in [-0.2, -0.15) is 0 Å². The zero-order valence-corrected chi connectivity index (χ0v) is 18.6. The molecule has 1 unspecified atom stereocenters. The van der Waals surface area contributed by atoms with Gasteiger partial charge in [0.1, 0.15) is 11.5 Å². The molecule has 6 heteroatoms. The maximum Gasteiger partial charge on any atom is 0.294 e. The molecule has 0 bridgehead atoms. The Morgan fingerprint density at radius 2 is 1.74 bits per heavy atom. The molecule has 2 aromatic carbocycles. The average molecular weight is 424 g/mol. The van der Waals surface area contributed by atoms with Crippen LogP contribution in [0.5, 0.6) is 11.5 Å². The number of aliphatic hydroxyl groups is 1. The number of carbonyl (C=O) groups is 2. The molecule has 1 N–H and O–H groups in total. The molecule has 1 aliphatic rings. The minimum Gasteiger partial charge on any atom is -0.503 e. The predicted molar refractivity (Wildman–Crippen MR) is 120 cm³/mol. The van der Waals surface area contributed by atoms with Crippen molar-refractivity contribution in [1.82, 2.24) is 0 Å². The van der Waals surface area contributed by atoms with Crippen molar-refractivity contribution in [2.45, 2.75) is 46.3 Å². The van der Waals surface area contributed by atoms with Gasteiger partial charge in [-0.15, -0.1) is 0 Å². The van der Waals surface area contributed by atoms with Gasteiger partial charge < -0.3 is 14.6 Å². The van der Waals surface area contributed by atoms with Crippen molar-refractivity contribution in [1.29, 1.82) is 0 Å². The highest BCUT2D eigenvalue weighted by molar-refractivity contribution is 6.16. The predicted octanol–water partition coefficient (Wildman–Crippen LogP) is 5.00. The normalized spacial score (nSPS) is 16.4. The van der Waals surface area contributed by atoms with Crippen LogP contribution in [0, 0.1) is 5.92 Å². The molecular formula is C25H29NO5. The summed E-state index contributed by atoms with van der Waals surface area (Å²) in [5.41, 5.74) is 1.37. The number of Topliss-reactive ketones (excluding diaryl/α,β-unsaturated/α-hetero) is 1. The van der Waals surface area contributed by atoms with E-state index in [0.717, 1.165) is 0 Å². The lowest BCUT2D eigenvalue weighted by atomic mass is 9.92. The first kappa shape index (κ1) is 22.4. The summed E-state index contributed by atoms with van der Waals surface area (Å²) in [6, 6.07) is 13.5. The van der Waals surface area contributed by atoms with E-state index in [9.17, 15) is 14.7 Å². The Hall–Kier alpha value is -3.28.